The second-order valence-electron chi connectivity index (χ2n) is 3.82. The zero-order chi connectivity index (χ0) is 11.7. The Morgan fingerprint density at radius 3 is 2.00 bits per heavy atom. The number of hydrogen-bond acceptors (Lipinski definition) is 2. The largest absolute Gasteiger partial charge is 0.497 e. The van der Waals surface area contributed by atoms with E-state index in [4.69, 9.17) is 4.74 Å². The molecular weight excluding hydrogens is 188 g/mol. The predicted octanol–water partition coefficient (Wildman–Crippen LogP) is 3.32. The second-order valence-corrected chi connectivity index (χ2v) is 3.82. The average Bonchev–Trinajstić information content (AvgIpc) is 2.18. The van der Waals surface area contributed by atoms with Crippen molar-refractivity contribution in [1.82, 2.24) is 0 Å². The third-order valence-corrected chi connectivity index (χ3v) is 1.67. The number of para-hydroxylation sites is 1. The molecule has 1 aromatic carbocycles. The van der Waals surface area contributed by atoms with Crippen LogP contribution in [-0.4, -0.2) is 12.9 Å². The van der Waals surface area contributed by atoms with Crippen molar-refractivity contribution in [2.75, 3.05) is 7.11 Å². The van der Waals surface area contributed by atoms with E-state index in [1.165, 1.54) is 0 Å². The molecule has 1 aromatic rings. The molecule has 0 aliphatic heterocycles. The SMILES string of the molecule is CC(=O)CC(C)C.COc1ccccc1. The van der Waals surface area contributed by atoms with Crippen LogP contribution in [0.15, 0.2) is 30.3 Å². The smallest absolute Gasteiger partial charge is 0.130 e. The van der Waals surface area contributed by atoms with Crippen LogP contribution in [0.25, 0.3) is 0 Å². The summed E-state index contributed by atoms with van der Waals surface area (Å²) in [5.74, 6) is 1.72. The summed E-state index contributed by atoms with van der Waals surface area (Å²) < 4.78 is 4.91. The van der Waals surface area contributed by atoms with E-state index in [1.54, 1.807) is 14.0 Å². The van der Waals surface area contributed by atoms with Gasteiger partial charge in [0.2, 0.25) is 0 Å². The van der Waals surface area contributed by atoms with Crippen molar-refractivity contribution >= 4 is 5.78 Å². The number of benzene rings is 1. The summed E-state index contributed by atoms with van der Waals surface area (Å²) in [5.41, 5.74) is 0. The summed E-state index contributed by atoms with van der Waals surface area (Å²) in [7, 11) is 1.66. The van der Waals surface area contributed by atoms with Crippen molar-refractivity contribution in [2.24, 2.45) is 5.92 Å². The molecule has 0 spiro atoms. The summed E-state index contributed by atoms with van der Waals surface area (Å²) in [6.07, 6.45) is 0.722. The van der Waals surface area contributed by atoms with Gasteiger partial charge in [-0.3, -0.25) is 0 Å². The van der Waals surface area contributed by atoms with Gasteiger partial charge >= 0.3 is 0 Å². The second kappa shape index (κ2) is 8.04. The molecule has 84 valence electrons. The molecule has 0 aliphatic carbocycles. The van der Waals surface area contributed by atoms with Crippen molar-refractivity contribution in [3.63, 3.8) is 0 Å². The minimum Gasteiger partial charge on any atom is -0.497 e. The average molecular weight is 208 g/mol. The predicted molar refractivity (Wildman–Crippen MR) is 63.1 cm³/mol. The Kier molecular flexibility index (Phi) is 7.33. The van der Waals surface area contributed by atoms with Crippen LogP contribution < -0.4 is 4.74 Å². The quantitative estimate of drug-likeness (QED) is 0.761. The standard InChI is InChI=1S/C7H8O.C6H12O/c1-8-7-5-3-2-4-6-7;1-5(2)4-6(3)7/h2-6H,1H3;5H,4H2,1-3H3. The molecule has 0 heterocycles. The van der Waals surface area contributed by atoms with E-state index >= 15 is 0 Å². The molecule has 0 aromatic heterocycles. The van der Waals surface area contributed by atoms with Crippen LogP contribution in [0.3, 0.4) is 0 Å². The van der Waals surface area contributed by atoms with Crippen LogP contribution in [0, 0.1) is 5.92 Å². The van der Waals surface area contributed by atoms with Gasteiger partial charge in [-0.2, -0.15) is 0 Å². The molecule has 0 unspecified atom stereocenters. The zero-order valence-corrected chi connectivity index (χ0v) is 9.99. The van der Waals surface area contributed by atoms with Crippen molar-refractivity contribution in [3.8, 4) is 5.75 Å². The Balaban J connectivity index is 0.000000265. The van der Waals surface area contributed by atoms with E-state index in [9.17, 15) is 4.79 Å². The fourth-order valence-corrected chi connectivity index (χ4v) is 1.13. The minimum atomic E-state index is 0.287. The monoisotopic (exact) mass is 208 g/mol. The minimum absolute atomic E-state index is 0.287. The highest BCUT2D eigenvalue weighted by Gasteiger charge is 1.95. The van der Waals surface area contributed by atoms with Gasteiger partial charge in [-0.05, 0) is 25.0 Å². The van der Waals surface area contributed by atoms with Crippen molar-refractivity contribution < 1.29 is 9.53 Å². The first-order valence-electron chi connectivity index (χ1n) is 5.14. The number of carbonyl (C=O) groups excluding carboxylic acids is 1. The zero-order valence-electron chi connectivity index (χ0n) is 9.99. The van der Waals surface area contributed by atoms with Crippen LogP contribution in [0.1, 0.15) is 27.2 Å². The molecule has 15 heavy (non-hydrogen) atoms. The lowest BCUT2D eigenvalue weighted by Gasteiger charge is -1.95. The van der Waals surface area contributed by atoms with Gasteiger partial charge in [0.25, 0.3) is 0 Å². The molecule has 0 bridgehead atoms. The van der Waals surface area contributed by atoms with Gasteiger partial charge in [0.15, 0.2) is 0 Å². The maximum absolute atomic E-state index is 10.3. The summed E-state index contributed by atoms with van der Waals surface area (Å²) >= 11 is 0. The highest BCUT2D eigenvalue weighted by molar-refractivity contribution is 5.75. The number of carbonyl (C=O) groups is 1. The molecule has 0 N–H and O–H groups in total. The number of ketones is 1. The van der Waals surface area contributed by atoms with Gasteiger partial charge in [-0.15, -0.1) is 0 Å². The van der Waals surface area contributed by atoms with E-state index in [1.807, 2.05) is 44.2 Å². The van der Waals surface area contributed by atoms with Gasteiger partial charge in [-0.1, -0.05) is 32.0 Å². The van der Waals surface area contributed by atoms with Gasteiger partial charge in [0, 0.05) is 6.42 Å². The van der Waals surface area contributed by atoms with Crippen LogP contribution in [0.2, 0.25) is 0 Å². The first-order chi connectivity index (χ1) is 7.06. The van der Waals surface area contributed by atoms with Gasteiger partial charge in [-0.25, -0.2) is 0 Å². The first kappa shape index (κ1) is 13.7. The molecular formula is C13H20O2. The molecule has 0 amide bonds. The lowest BCUT2D eigenvalue weighted by molar-refractivity contribution is -0.117. The van der Waals surface area contributed by atoms with Gasteiger partial charge in [0.1, 0.15) is 11.5 Å². The highest BCUT2D eigenvalue weighted by Crippen LogP contribution is 2.05. The third kappa shape index (κ3) is 9.01. The third-order valence-electron chi connectivity index (χ3n) is 1.67. The molecule has 0 radical (unpaired) electrons. The summed E-state index contributed by atoms with van der Waals surface area (Å²) in [6.45, 7) is 5.71. The Bertz CT molecular complexity index is 265. The summed E-state index contributed by atoms with van der Waals surface area (Å²) in [5, 5.41) is 0. The number of hydrogen-bond donors (Lipinski definition) is 0. The molecule has 2 nitrogen and oxygen atoms in total. The van der Waals surface area contributed by atoms with Crippen LogP contribution >= 0.6 is 0 Å². The number of methoxy groups -OCH3 is 1. The Hall–Kier alpha value is -1.31. The Morgan fingerprint density at radius 2 is 1.80 bits per heavy atom. The number of Topliss-reactive ketones (excluding diaryl/α,β-unsaturated/α-hetero) is 1. The molecule has 0 saturated heterocycles. The van der Waals surface area contributed by atoms with Crippen molar-refractivity contribution in [2.45, 2.75) is 27.2 Å². The van der Waals surface area contributed by atoms with Crippen LogP contribution in [-0.2, 0) is 4.79 Å². The molecule has 0 aliphatic rings. The normalized spacial score (nSPS) is 9.13. The lowest BCUT2D eigenvalue weighted by Crippen LogP contribution is -1.95. The van der Waals surface area contributed by atoms with Crippen molar-refractivity contribution in [1.29, 1.82) is 0 Å². The fourth-order valence-electron chi connectivity index (χ4n) is 1.13. The first-order valence-corrected chi connectivity index (χ1v) is 5.14. The number of ether oxygens (including phenoxy) is 1. The molecule has 1 rings (SSSR count). The Morgan fingerprint density at radius 1 is 1.27 bits per heavy atom. The van der Waals surface area contributed by atoms with Crippen LogP contribution in [0.5, 0.6) is 5.75 Å². The maximum atomic E-state index is 10.3. The highest BCUT2D eigenvalue weighted by atomic mass is 16.5. The van der Waals surface area contributed by atoms with E-state index in [2.05, 4.69) is 0 Å². The molecule has 0 fully saturated rings. The lowest BCUT2D eigenvalue weighted by atomic mass is 10.1. The van der Waals surface area contributed by atoms with Gasteiger partial charge < -0.3 is 9.53 Å². The molecule has 0 atom stereocenters. The van der Waals surface area contributed by atoms with E-state index < -0.39 is 0 Å². The van der Waals surface area contributed by atoms with Crippen molar-refractivity contribution in [3.05, 3.63) is 30.3 Å². The summed E-state index contributed by atoms with van der Waals surface area (Å²) in [6, 6.07) is 9.68. The van der Waals surface area contributed by atoms with E-state index in [0.29, 0.717) is 5.92 Å². The molecule has 2 heteroatoms. The van der Waals surface area contributed by atoms with Crippen LogP contribution in [0.4, 0.5) is 0 Å². The molecule has 0 saturated carbocycles. The fraction of sp³-hybridized carbons (Fsp3) is 0.462. The van der Waals surface area contributed by atoms with E-state index in [0.717, 1.165) is 12.2 Å². The Labute approximate surface area is 92.3 Å². The maximum Gasteiger partial charge on any atom is 0.130 e. The van der Waals surface area contributed by atoms with E-state index in [-0.39, 0.29) is 5.78 Å². The topological polar surface area (TPSA) is 26.3 Å². The number of rotatable bonds is 3. The van der Waals surface area contributed by atoms with Gasteiger partial charge in [0.05, 0.1) is 7.11 Å². The summed E-state index contributed by atoms with van der Waals surface area (Å²) in [4.78, 5) is 10.3.